The highest BCUT2D eigenvalue weighted by Gasteiger charge is 2.48. The number of methoxy groups -OCH3 is 1. The molecule has 0 bridgehead atoms. The molecule has 0 unspecified atom stereocenters. The van der Waals surface area contributed by atoms with E-state index in [2.05, 4.69) is 47.4 Å². The lowest BCUT2D eigenvalue weighted by Crippen LogP contribution is -2.47. The van der Waals surface area contributed by atoms with Gasteiger partial charge in [0, 0.05) is 50.8 Å². The van der Waals surface area contributed by atoms with E-state index in [0.717, 1.165) is 50.6 Å². The molecular formula is C24H29ClN2O2. The van der Waals surface area contributed by atoms with Gasteiger partial charge in [0.2, 0.25) is 5.91 Å². The summed E-state index contributed by atoms with van der Waals surface area (Å²) in [5, 5.41) is 0.793. The van der Waals surface area contributed by atoms with Crippen LogP contribution in [0.25, 0.3) is 0 Å². The summed E-state index contributed by atoms with van der Waals surface area (Å²) in [6.07, 6.45) is 2.07. The Morgan fingerprint density at radius 1 is 1.14 bits per heavy atom. The molecule has 154 valence electrons. The lowest BCUT2D eigenvalue weighted by atomic mass is 9.68. The van der Waals surface area contributed by atoms with E-state index in [-0.39, 0.29) is 17.9 Å². The van der Waals surface area contributed by atoms with Crippen LogP contribution >= 0.6 is 11.6 Å². The average molecular weight is 413 g/mol. The standard InChI is InChI=1S/C24H29ClN2O2/c1-29-17-23(28)27-12-10-24(11-13-27)18-26(15-19-6-5-9-21(25)14-19)16-22(24)20-7-3-2-4-8-20/h2-9,14,22H,10-13,15-18H2,1H3/t22-/m1/s1. The second-order valence-electron chi connectivity index (χ2n) is 8.44. The van der Waals surface area contributed by atoms with Crippen molar-refractivity contribution in [3.63, 3.8) is 0 Å². The normalized spacial score (nSPS) is 21.6. The Balaban J connectivity index is 1.53. The summed E-state index contributed by atoms with van der Waals surface area (Å²) in [7, 11) is 1.58. The first-order valence-corrected chi connectivity index (χ1v) is 10.8. The fourth-order valence-corrected chi connectivity index (χ4v) is 5.37. The molecule has 0 N–H and O–H groups in total. The van der Waals surface area contributed by atoms with E-state index in [1.807, 2.05) is 17.0 Å². The van der Waals surface area contributed by atoms with Gasteiger partial charge in [0.15, 0.2) is 0 Å². The molecule has 4 nitrogen and oxygen atoms in total. The van der Waals surface area contributed by atoms with E-state index >= 15 is 0 Å². The van der Waals surface area contributed by atoms with Gasteiger partial charge in [-0.15, -0.1) is 0 Å². The summed E-state index contributed by atoms with van der Waals surface area (Å²) in [6, 6.07) is 19.1. The van der Waals surface area contributed by atoms with Crippen molar-refractivity contribution in [3.05, 3.63) is 70.7 Å². The predicted molar refractivity (Wildman–Crippen MR) is 116 cm³/mol. The molecule has 2 fully saturated rings. The summed E-state index contributed by atoms with van der Waals surface area (Å²) in [5.74, 6) is 0.593. The first kappa shape index (κ1) is 20.4. The van der Waals surface area contributed by atoms with Crippen LogP contribution in [0, 0.1) is 5.41 Å². The van der Waals surface area contributed by atoms with Crippen LogP contribution < -0.4 is 0 Å². The predicted octanol–water partition coefficient (Wildman–Crippen LogP) is 4.19. The maximum Gasteiger partial charge on any atom is 0.248 e. The zero-order valence-electron chi connectivity index (χ0n) is 17.0. The minimum absolute atomic E-state index is 0.104. The number of benzene rings is 2. The molecule has 5 heteroatoms. The van der Waals surface area contributed by atoms with E-state index in [0.29, 0.717) is 5.92 Å². The number of amides is 1. The average Bonchev–Trinajstić information content (AvgIpc) is 3.06. The van der Waals surface area contributed by atoms with Gasteiger partial charge >= 0.3 is 0 Å². The van der Waals surface area contributed by atoms with E-state index in [1.165, 1.54) is 11.1 Å². The van der Waals surface area contributed by atoms with Gasteiger partial charge in [-0.3, -0.25) is 9.69 Å². The third-order valence-corrected chi connectivity index (χ3v) is 6.83. The van der Waals surface area contributed by atoms with Crippen LogP contribution in [0.2, 0.25) is 5.02 Å². The number of piperidine rings is 1. The maximum atomic E-state index is 12.3. The van der Waals surface area contributed by atoms with E-state index < -0.39 is 0 Å². The number of likely N-dealkylation sites (tertiary alicyclic amines) is 2. The minimum atomic E-state index is 0.104. The molecule has 29 heavy (non-hydrogen) atoms. The molecule has 2 aromatic rings. The highest BCUT2D eigenvalue weighted by molar-refractivity contribution is 6.30. The number of ether oxygens (including phenoxy) is 1. The maximum absolute atomic E-state index is 12.3. The van der Waals surface area contributed by atoms with Crippen molar-refractivity contribution in [2.75, 3.05) is 39.9 Å². The van der Waals surface area contributed by atoms with Gasteiger partial charge in [-0.2, -0.15) is 0 Å². The molecule has 1 amide bonds. The monoisotopic (exact) mass is 412 g/mol. The van der Waals surface area contributed by atoms with Crippen molar-refractivity contribution in [1.82, 2.24) is 9.80 Å². The Morgan fingerprint density at radius 2 is 1.90 bits per heavy atom. The molecule has 2 saturated heterocycles. The van der Waals surface area contributed by atoms with Crippen molar-refractivity contribution in [2.24, 2.45) is 5.41 Å². The SMILES string of the molecule is COCC(=O)N1CCC2(CC1)CN(Cc1cccc(Cl)c1)C[C@@H]2c1ccccc1. The molecule has 4 rings (SSSR count). The zero-order chi connectivity index (χ0) is 20.3. The Bertz CT molecular complexity index is 834. The van der Waals surface area contributed by atoms with Crippen LogP contribution in [0.3, 0.4) is 0 Å². The molecule has 2 aromatic carbocycles. The Hall–Kier alpha value is -1.88. The molecule has 2 aliphatic rings. The summed E-state index contributed by atoms with van der Waals surface area (Å²) in [4.78, 5) is 16.8. The fourth-order valence-electron chi connectivity index (χ4n) is 5.15. The van der Waals surface area contributed by atoms with Gasteiger partial charge in [-0.1, -0.05) is 54.1 Å². The second kappa shape index (κ2) is 8.86. The molecule has 0 aliphatic carbocycles. The molecule has 0 radical (unpaired) electrons. The molecule has 0 aromatic heterocycles. The van der Waals surface area contributed by atoms with Crippen molar-refractivity contribution in [2.45, 2.75) is 25.3 Å². The summed E-state index contributed by atoms with van der Waals surface area (Å²) < 4.78 is 5.05. The number of nitrogens with zero attached hydrogens (tertiary/aromatic N) is 2. The van der Waals surface area contributed by atoms with Crippen LogP contribution in [-0.4, -0.2) is 55.6 Å². The largest absolute Gasteiger partial charge is 0.375 e. The lowest BCUT2D eigenvalue weighted by Gasteiger charge is -2.43. The van der Waals surface area contributed by atoms with Gasteiger partial charge in [0.05, 0.1) is 0 Å². The smallest absolute Gasteiger partial charge is 0.248 e. The van der Waals surface area contributed by atoms with Crippen molar-refractivity contribution in [3.8, 4) is 0 Å². The van der Waals surface area contributed by atoms with E-state index in [9.17, 15) is 4.79 Å². The van der Waals surface area contributed by atoms with Gasteiger partial charge in [-0.25, -0.2) is 0 Å². The first-order valence-electron chi connectivity index (χ1n) is 10.4. The summed E-state index contributed by atoms with van der Waals surface area (Å²) >= 11 is 6.20. The van der Waals surface area contributed by atoms with Crippen LogP contribution in [0.15, 0.2) is 54.6 Å². The number of carbonyl (C=O) groups excluding carboxylic acids is 1. The molecule has 1 spiro atoms. The number of halogens is 1. The number of rotatable bonds is 5. The third kappa shape index (κ3) is 4.50. The van der Waals surface area contributed by atoms with E-state index in [4.69, 9.17) is 16.3 Å². The Labute approximate surface area is 178 Å². The minimum Gasteiger partial charge on any atom is -0.375 e. The highest BCUT2D eigenvalue weighted by Crippen LogP contribution is 2.50. The van der Waals surface area contributed by atoms with Crippen LogP contribution in [0.5, 0.6) is 0 Å². The van der Waals surface area contributed by atoms with Crippen molar-refractivity contribution >= 4 is 17.5 Å². The number of hydrogen-bond donors (Lipinski definition) is 0. The second-order valence-corrected chi connectivity index (χ2v) is 8.88. The quantitative estimate of drug-likeness (QED) is 0.738. The van der Waals surface area contributed by atoms with Crippen LogP contribution in [-0.2, 0) is 16.1 Å². The molecule has 2 aliphatic heterocycles. The summed E-state index contributed by atoms with van der Waals surface area (Å²) in [6.45, 7) is 4.83. The lowest BCUT2D eigenvalue weighted by molar-refractivity contribution is -0.137. The van der Waals surface area contributed by atoms with Crippen molar-refractivity contribution in [1.29, 1.82) is 0 Å². The van der Waals surface area contributed by atoms with Gasteiger partial charge in [0.1, 0.15) is 6.61 Å². The van der Waals surface area contributed by atoms with E-state index in [1.54, 1.807) is 7.11 Å². The van der Waals surface area contributed by atoms with Crippen molar-refractivity contribution < 1.29 is 9.53 Å². The summed E-state index contributed by atoms with van der Waals surface area (Å²) in [5.41, 5.74) is 2.89. The number of hydrogen-bond acceptors (Lipinski definition) is 3. The Kier molecular flexibility index (Phi) is 6.23. The zero-order valence-corrected chi connectivity index (χ0v) is 17.8. The van der Waals surface area contributed by atoms with Gasteiger partial charge in [-0.05, 0) is 41.5 Å². The van der Waals surface area contributed by atoms with Gasteiger partial charge in [0.25, 0.3) is 0 Å². The number of carbonyl (C=O) groups is 1. The third-order valence-electron chi connectivity index (χ3n) is 6.60. The molecule has 2 heterocycles. The first-order chi connectivity index (χ1) is 14.1. The fraction of sp³-hybridized carbons (Fsp3) is 0.458. The molecule has 0 saturated carbocycles. The molecule has 1 atom stereocenters. The Morgan fingerprint density at radius 3 is 2.59 bits per heavy atom. The van der Waals surface area contributed by atoms with Gasteiger partial charge < -0.3 is 9.64 Å². The topological polar surface area (TPSA) is 32.8 Å². The highest BCUT2D eigenvalue weighted by atomic mass is 35.5. The van der Waals surface area contributed by atoms with Crippen LogP contribution in [0.4, 0.5) is 0 Å². The molecular weight excluding hydrogens is 384 g/mol. The van der Waals surface area contributed by atoms with Crippen LogP contribution in [0.1, 0.15) is 29.9 Å².